The molecule has 0 spiro atoms. The minimum Gasteiger partial charge on any atom is -0.378 e. The SMILES string of the molecule is CCc1cc(NC(=O)CC2CCCCO2)n[nH]1. The fourth-order valence-electron chi connectivity index (χ4n) is 1.98. The normalized spacial score (nSPS) is 20.2. The highest BCUT2D eigenvalue weighted by atomic mass is 16.5. The molecule has 1 aliphatic rings. The second-order valence-electron chi connectivity index (χ2n) is 4.37. The van der Waals surface area contributed by atoms with Crippen molar-refractivity contribution in [2.24, 2.45) is 0 Å². The summed E-state index contributed by atoms with van der Waals surface area (Å²) < 4.78 is 5.52. The second kappa shape index (κ2) is 5.82. The number of carbonyl (C=O) groups excluding carboxylic acids is 1. The highest BCUT2D eigenvalue weighted by molar-refractivity contribution is 5.90. The lowest BCUT2D eigenvalue weighted by Crippen LogP contribution is -2.25. The van der Waals surface area contributed by atoms with Crippen molar-refractivity contribution in [3.05, 3.63) is 11.8 Å². The van der Waals surface area contributed by atoms with Crippen molar-refractivity contribution in [1.29, 1.82) is 0 Å². The quantitative estimate of drug-likeness (QED) is 0.840. The number of aryl methyl sites for hydroxylation is 1. The summed E-state index contributed by atoms with van der Waals surface area (Å²) in [6.45, 7) is 2.81. The predicted molar refractivity (Wildman–Crippen MR) is 64.8 cm³/mol. The van der Waals surface area contributed by atoms with Crippen molar-refractivity contribution in [3.8, 4) is 0 Å². The van der Waals surface area contributed by atoms with Gasteiger partial charge in [-0.05, 0) is 25.7 Å². The van der Waals surface area contributed by atoms with Crippen LogP contribution in [0.25, 0.3) is 0 Å². The van der Waals surface area contributed by atoms with E-state index >= 15 is 0 Å². The van der Waals surface area contributed by atoms with E-state index in [1.54, 1.807) is 0 Å². The predicted octanol–water partition coefficient (Wildman–Crippen LogP) is 1.87. The summed E-state index contributed by atoms with van der Waals surface area (Å²) in [5.74, 6) is 0.578. The maximum Gasteiger partial charge on any atom is 0.228 e. The Kier molecular flexibility index (Phi) is 4.14. The Morgan fingerprint density at radius 3 is 3.18 bits per heavy atom. The van der Waals surface area contributed by atoms with Crippen LogP contribution in [0.5, 0.6) is 0 Å². The first kappa shape index (κ1) is 12.1. The summed E-state index contributed by atoms with van der Waals surface area (Å²) >= 11 is 0. The zero-order chi connectivity index (χ0) is 12.1. The van der Waals surface area contributed by atoms with Crippen LogP contribution < -0.4 is 5.32 Å². The van der Waals surface area contributed by atoms with E-state index in [2.05, 4.69) is 15.5 Å². The summed E-state index contributed by atoms with van der Waals surface area (Å²) in [6, 6.07) is 1.86. The van der Waals surface area contributed by atoms with Crippen LogP contribution in [0.2, 0.25) is 0 Å². The molecule has 1 atom stereocenters. The third-order valence-electron chi connectivity index (χ3n) is 2.97. The van der Waals surface area contributed by atoms with Gasteiger partial charge in [-0.25, -0.2) is 0 Å². The molecule has 1 fully saturated rings. The van der Waals surface area contributed by atoms with Gasteiger partial charge in [-0.15, -0.1) is 0 Å². The number of nitrogens with zero attached hydrogens (tertiary/aromatic N) is 1. The minimum absolute atomic E-state index is 0.0222. The van der Waals surface area contributed by atoms with Gasteiger partial charge in [-0.2, -0.15) is 5.10 Å². The van der Waals surface area contributed by atoms with E-state index in [1.807, 2.05) is 13.0 Å². The Bertz CT molecular complexity index is 370. The van der Waals surface area contributed by atoms with Gasteiger partial charge < -0.3 is 10.1 Å². The topological polar surface area (TPSA) is 67.0 Å². The van der Waals surface area contributed by atoms with Crippen LogP contribution in [0.1, 0.15) is 38.3 Å². The lowest BCUT2D eigenvalue weighted by molar-refractivity contribution is -0.119. The monoisotopic (exact) mass is 237 g/mol. The van der Waals surface area contributed by atoms with Gasteiger partial charge >= 0.3 is 0 Å². The van der Waals surface area contributed by atoms with Crippen LogP contribution in [0, 0.1) is 0 Å². The molecule has 2 rings (SSSR count). The number of H-pyrrole nitrogens is 1. The van der Waals surface area contributed by atoms with Crippen LogP contribution in [0.4, 0.5) is 5.82 Å². The van der Waals surface area contributed by atoms with Crippen LogP contribution in [-0.4, -0.2) is 28.8 Å². The number of hydrogen-bond acceptors (Lipinski definition) is 3. The summed E-state index contributed by atoms with van der Waals surface area (Å²) in [7, 11) is 0. The molecule has 1 unspecified atom stereocenters. The highest BCUT2D eigenvalue weighted by Crippen LogP contribution is 2.16. The Labute approximate surface area is 101 Å². The Morgan fingerprint density at radius 2 is 2.53 bits per heavy atom. The van der Waals surface area contributed by atoms with Crippen LogP contribution in [0.15, 0.2) is 6.07 Å². The maximum absolute atomic E-state index is 11.7. The van der Waals surface area contributed by atoms with Gasteiger partial charge in [0.2, 0.25) is 5.91 Å². The standard InChI is InChI=1S/C12H19N3O2/c1-2-9-7-11(15-14-9)13-12(16)8-10-5-3-4-6-17-10/h7,10H,2-6,8H2,1H3,(H2,13,14,15,16). The number of amides is 1. The van der Waals surface area contributed by atoms with Gasteiger partial charge in [0.1, 0.15) is 0 Å². The Morgan fingerprint density at radius 1 is 1.65 bits per heavy atom. The number of aromatic nitrogens is 2. The number of anilines is 1. The van der Waals surface area contributed by atoms with Gasteiger partial charge in [0, 0.05) is 18.4 Å². The Balaban J connectivity index is 1.79. The molecule has 1 aromatic rings. The van der Waals surface area contributed by atoms with E-state index < -0.39 is 0 Å². The van der Waals surface area contributed by atoms with Crippen molar-refractivity contribution in [1.82, 2.24) is 10.2 Å². The molecule has 2 heterocycles. The molecule has 1 amide bonds. The molecule has 1 aliphatic heterocycles. The van der Waals surface area contributed by atoms with Crippen molar-refractivity contribution >= 4 is 11.7 Å². The first-order chi connectivity index (χ1) is 8.28. The molecule has 0 saturated carbocycles. The van der Waals surface area contributed by atoms with E-state index in [9.17, 15) is 4.79 Å². The molecule has 0 bridgehead atoms. The van der Waals surface area contributed by atoms with Crippen LogP contribution in [-0.2, 0) is 16.0 Å². The zero-order valence-electron chi connectivity index (χ0n) is 10.2. The summed E-state index contributed by atoms with van der Waals surface area (Å²) in [5.41, 5.74) is 1.02. The lowest BCUT2D eigenvalue weighted by Gasteiger charge is -2.21. The number of carbonyl (C=O) groups is 1. The molecule has 5 heteroatoms. The molecular formula is C12H19N3O2. The second-order valence-corrected chi connectivity index (χ2v) is 4.37. The van der Waals surface area contributed by atoms with Crippen molar-refractivity contribution in [2.45, 2.75) is 45.1 Å². The largest absolute Gasteiger partial charge is 0.378 e. The molecule has 94 valence electrons. The summed E-state index contributed by atoms with van der Waals surface area (Å²) in [5, 5.41) is 9.67. The minimum atomic E-state index is -0.0222. The van der Waals surface area contributed by atoms with E-state index in [0.717, 1.165) is 38.0 Å². The number of nitrogens with one attached hydrogen (secondary N) is 2. The molecule has 0 aliphatic carbocycles. The maximum atomic E-state index is 11.7. The van der Waals surface area contributed by atoms with E-state index in [-0.39, 0.29) is 12.0 Å². The molecule has 0 radical (unpaired) electrons. The number of aromatic amines is 1. The molecular weight excluding hydrogens is 218 g/mol. The fraction of sp³-hybridized carbons (Fsp3) is 0.667. The first-order valence-electron chi connectivity index (χ1n) is 6.23. The van der Waals surface area contributed by atoms with Crippen molar-refractivity contribution < 1.29 is 9.53 Å². The average Bonchev–Trinajstić information content (AvgIpc) is 2.78. The third kappa shape index (κ3) is 3.56. The van der Waals surface area contributed by atoms with E-state index in [1.165, 1.54) is 0 Å². The number of ether oxygens (including phenoxy) is 1. The Hall–Kier alpha value is -1.36. The van der Waals surface area contributed by atoms with Gasteiger partial charge in [0.15, 0.2) is 5.82 Å². The molecule has 17 heavy (non-hydrogen) atoms. The lowest BCUT2D eigenvalue weighted by atomic mass is 10.1. The number of rotatable bonds is 4. The molecule has 0 aromatic carbocycles. The van der Waals surface area contributed by atoms with Crippen LogP contribution in [0.3, 0.4) is 0 Å². The van der Waals surface area contributed by atoms with Gasteiger partial charge in [-0.1, -0.05) is 6.92 Å². The molecule has 2 N–H and O–H groups in total. The molecule has 1 aromatic heterocycles. The summed E-state index contributed by atoms with van der Waals surface area (Å²) in [6.07, 6.45) is 4.63. The third-order valence-corrected chi connectivity index (χ3v) is 2.97. The summed E-state index contributed by atoms with van der Waals surface area (Å²) in [4.78, 5) is 11.7. The smallest absolute Gasteiger partial charge is 0.228 e. The van der Waals surface area contributed by atoms with Gasteiger partial charge in [0.05, 0.1) is 12.5 Å². The zero-order valence-corrected chi connectivity index (χ0v) is 10.2. The number of hydrogen-bond donors (Lipinski definition) is 2. The van der Waals surface area contributed by atoms with Gasteiger partial charge in [-0.3, -0.25) is 9.89 Å². The molecule has 1 saturated heterocycles. The van der Waals surface area contributed by atoms with E-state index in [0.29, 0.717) is 12.2 Å². The first-order valence-corrected chi connectivity index (χ1v) is 6.23. The van der Waals surface area contributed by atoms with Gasteiger partial charge in [0.25, 0.3) is 0 Å². The van der Waals surface area contributed by atoms with Crippen LogP contribution >= 0.6 is 0 Å². The van der Waals surface area contributed by atoms with Crippen molar-refractivity contribution in [2.75, 3.05) is 11.9 Å². The molecule has 5 nitrogen and oxygen atoms in total. The highest BCUT2D eigenvalue weighted by Gasteiger charge is 2.18. The average molecular weight is 237 g/mol. The fourth-order valence-corrected chi connectivity index (χ4v) is 1.98. The van der Waals surface area contributed by atoms with E-state index in [4.69, 9.17) is 4.74 Å². The van der Waals surface area contributed by atoms with Crippen molar-refractivity contribution in [3.63, 3.8) is 0 Å².